The quantitative estimate of drug-likeness (QED) is 0.580. The van der Waals surface area contributed by atoms with Crippen molar-refractivity contribution in [3.8, 4) is 0 Å². The van der Waals surface area contributed by atoms with E-state index in [4.69, 9.17) is 0 Å². The molecule has 2 heterocycles. The van der Waals surface area contributed by atoms with Crippen molar-refractivity contribution in [3.63, 3.8) is 0 Å². The highest BCUT2D eigenvalue weighted by atomic mass is 16.3. The zero-order chi connectivity index (χ0) is 17.5. The Kier molecular flexibility index (Phi) is 3.57. The lowest BCUT2D eigenvalue weighted by atomic mass is 10.0. The van der Waals surface area contributed by atoms with E-state index in [1.807, 2.05) is 47.0 Å². The largest absolute Gasteiger partial charge is 0.387 e. The Hall–Kier alpha value is -2.99. The number of aliphatic hydroxyl groups excluding tert-OH is 1. The molecule has 0 radical (unpaired) electrons. The minimum absolute atomic E-state index is 0.387. The molecule has 26 heavy (non-hydrogen) atoms. The van der Waals surface area contributed by atoms with Crippen LogP contribution in [0.5, 0.6) is 0 Å². The molecule has 1 atom stereocenters. The number of hydrogen-bond acceptors (Lipinski definition) is 5. The number of hydrogen-bond donors (Lipinski definition) is 2. The number of anilines is 1. The molecule has 0 spiro atoms. The van der Waals surface area contributed by atoms with Crippen molar-refractivity contribution in [2.45, 2.75) is 24.9 Å². The van der Waals surface area contributed by atoms with Crippen LogP contribution < -0.4 is 5.32 Å². The maximum Gasteiger partial charge on any atom is 0.178 e. The molecule has 0 bridgehead atoms. The van der Waals surface area contributed by atoms with Crippen molar-refractivity contribution in [2.75, 3.05) is 11.9 Å². The molecule has 6 nitrogen and oxygen atoms in total. The van der Waals surface area contributed by atoms with Gasteiger partial charge in [-0.3, -0.25) is 0 Å². The molecule has 1 unspecified atom stereocenters. The summed E-state index contributed by atoms with van der Waals surface area (Å²) in [5.74, 6) is 2.12. The van der Waals surface area contributed by atoms with Gasteiger partial charge >= 0.3 is 0 Å². The summed E-state index contributed by atoms with van der Waals surface area (Å²) in [6.07, 6.45) is 1.70. The number of aliphatic hydroxyl groups is 1. The second-order valence-electron chi connectivity index (χ2n) is 6.82. The van der Waals surface area contributed by atoms with Gasteiger partial charge in [0.05, 0.1) is 6.10 Å². The third kappa shape index (κ3) is 2.78. The van der Waals surface area contributed by atoms with Crippen LogP contribution in [0.1, 0.15) is 36.3 Å². The number of fused-ring (bicyclic) bond motifs is 2. The number of nitrogens with zero attached hydrogens (tertiary/aromatic N) is 4. The molecule has 4 aromatic rings. The van der Waals surface area contributed by atoms with Crippen molar-refractivity contribution in [1.82, 2.24) is 19.8 Å². The summed E-state index contributed by atoms with van der Waals surface area (Å²) in [4.78, 5) is 0. The normalized spacial score (nSPS) is 15.4. The lowest BCUT2D eigenvalue weighted by molar-refractivity contribution is 0.191. The third-order valence-corrected chi connectivity index (χ3v) is 4.86. The van der Waals surface area contributed by atoms with E-state index in [0.29, 0.717) is 18.3 Å². The van der Waals surface area contributed by atoms with E-state index >= 15 is 0 Å². The first kappa shape index (κ1) is 15.3. The van der Waals surface area contributed by atoms with Crippen molar-refractivity contribution >= 4 is 22.2 Å². The van der Waals surface area contributed by atoms with Gasteiger partial charge in [-0.15, -0.1) is 15.3 Å². The summed E-state index contributed by atoms with van der Waals surface area (Å²) in [5, 5.41) is 29.1. The molecule has 1 saturated carbocycles. The van der Waals surface area contributed by atoms with E-state index in [1.165, 1.54) is 5.39 Å². The molecule has 2 N–H and O–H groups in total. The number of aromatic nitrogens is 4. The molecule has 2 aromatic carbocycles. The number of nitrogens with one attached hydrogen (secondary N) is 1. The summed E-state index contributed by atoms with van der Waals surface area (Å²) in [6.45, 7) is 0.387. The Morgan fingerprint density at radius 2 is 1.88 bits per heavy atom. The monoisotopic (exact) mass is 345 g/mol. The molecule has 2 aromatic heterocycles. The molecule has 1 fully saturated rings. The summed E-state index contributed by atoms with van der Waals surface area (Å²) in [6, 6.07) is 18.0. The van der Waals surface area contributed by atoms with Crippen LogP contribution in [0.4, 0.5) is 5.82 Å². The Morgan fingerprint density at radius 1 is 1.04 bits per heavy atom. The zero-order valence-electron chi connectivity index (χ0n) is 14.2. The van der Waals surface area contributed by atoms with Gasteiger partial charge in [-0.05, 0) is 47.4 Å². The Morgan fingerprint density at radius 3 is 2.73 bits per heavy atom. The summed E-state index contributed by atoms with van der Waals surface area (Å²) >= 11 is 0. The van der Waals surface area contributed by atoms with E-state index in [9.17, 15) is 5.11 Å². The average Bonchev–Trinajstić information content (AvgIpc) is 3.44. The fourth-order valence-corrected chi connectivity index (χ4v) is 3.23. The van der Waals surface area contributed by atoms with E-state index in [0.717, 1.165) is 35.3 Å². The van der Waals surface area contributed by atoms with Gasteiger partial charge in [0.25, 0.3) is 0 Å². The van der Waals surface area contributed by atoms with E-state index < -0.39 is 6.10 Å². The molecule has 6 heteroatoms. The van der Waals surface area contributed by atoms with Crippen LogP contribution in [0.3, 0.4) is 0 Å². The van der Waals surface area contributed by atoms with E-state index in [-0.39, 0.29) is 0 Å². The van der Waals surface area contributed by atoms with Crippen LogP contribution in [0.25, 0.3) is 16.4 Å². The zero-order valence-corrected chi connectivity index (χ0v) is 14.2. The molecule has 0 amide bonds. The van der Waals surface area contributed by atoms with Crippen molar-refractivity contribution in [1.29, 1.82) is 0 Å². The fourth-order valence-electron chi connectivity index (χ4n) is 3.23. The SMILES string of the molecule is OC(CNc1ccc2nnc(C3CC3)n2n1)c1ccc2ccccc2c1. The highest BCUT2D eigenvalue weighted by Crippen LogP contribution is 2.38. The van der Waals surface area contributed by atoms with Gasteiger partial charge in [0, 0.05) is 12.5 Å². The van der Waals surface area contributed by atoms with Gasteiger partial charge in [-0.1, -0.05) is 36.4 Å². The highest BCUT2D eigenvalue weighted by molar-refractivity contribution is 5.83. The van der Waals surface area contributed by atoms with Crippen molar-refractivity contribution < 1.29 is 5.11 Å². The van der Waals surface area contributed by atoms with Gasteiger partial charge < -0.3 is 10.4 Å². The van der Waals surface area contributed by atoms with Crippen LogP contribution in [-0.4, -0.2) is 31.5 Å². The summed E-state index contributed by atoms with van der Waals surface area (Å²) in [5.41, 5.74) is 1.65. The average molecular weight is 345 g/mol. The number of rotatable bonds is 5. The van der Waals surface area contributed by atoms with Gasteiger partial charge in [0.15, 0.2) is 11.5 Å². The molecule has 1 aliphatic carbocycles. The Balaban J connectivity index is 1.34. The molecular weight excluding hydrogens is 326 g/mol. The van der Waals surface area contributed by atoms with Gasteiger partial charge in [0.2, 0.25) is 0 Å². The lowest BCUT2D eigenvalue weighted by Gasteiger charge is -2.13. The summed E-state index contributed by atoms with van der Waals surface area (Å²) < 4.78 is 1.81. The maximum atomic E-state index is 10.5. The van der Waals surface area contributed by atoms with Crippen LogP contribution >= 0.6 is 0 Å². The van der Waals surface area contributed by atoms with Crippen molar-refractivity contribution in [3.05, 3.63) is 66.0 Å². The van der Waals surface area contributed by atoms with Crippen molar-refractivity contribution in [2.24, 2.45) is 0 Å². The van der Waals surface area contributed by atoms with E-state index in [1.54, 1.807) is 0 Å². The Bertz CT molecular complexity index is 1090. The van der Waals surface area contributed by atoms with Crippen LogP contribution in [-0.2, 0) is 0 Å². The molecule has 5 rings (SSSR count). The summed E-state index contributed by atoms with van der Waals surface area (Å²) in [7, 11) is 0. The first-order valence-corrected chi connectivity index (χ1v) is 8.91. The van der Waals surface area contributed by atoms with Crippen LogP contribution in [0, 0.1) is 0 Å². The predicted octanol–water partition coefficient (Wildman–Crippen LogP) is 3.30. The standard InChI is InChI=1S/C20H19N5O/c26-17(16-8-5-13-3-1-2-4-15(13)11-16)12-21-18-9-10-19-22-23-20(14-6-7-14)25(19)24-18/h1-5,8-11,14,17,26H,6-7,12H2,(H,21,24). The molecular formula is C20H19N5O. The maximum absolute atomic E-state index is 10.5. The van der Waals surface area contributed by atoms with Gasteiger partial charge in [-0.2, -0.15) is 4.52 Å². The fraction of sp³-hybridized carbons (Fsp3) is 0.250. The van der Waals surface area contributed by atoms with Gasteiger partial charge in [0.1, 0.15) is 5.82 Å². The van der Waals surface area contributed by atoms with E-state index in [2.05, 4.69) is 32.7 Å². The Labute approximate surface area is 150 Å². The predicted molar refractivity (Wildman–Crippen MR) is 100 cm³/mol. The number of benzene rings is 2. The highest BCUT2D eigenvalue weighted by Gasteiger charge is 2.29. The molecule has 0 saturated heterocycles. The minimum atomic E-state index is -0.610. The minimum Gasteiger partial charge on any atom is -0.387 e. The van der Waals surface area contributed by atoms with Crippen LogP contribution in [0.2, 0.25) is 0 Å². The topological polar surface area (TPSA) is 75.3 Å². The third-order valence-electron chi connectivity index (χ3n) is 4.86. The molecule has 0 aliphatic heterocycles. The lowest BCUT2D eigenvalue weighted by Crippen LogP contribution is -2.14. The smallest absolute Gasteiger partial charge is 0.178 e. The second kappa shape index (κ2) is 6.07. The first-order valence-electron chi connectivity index (χ1n) is 8.91. The molecule has 1 aliphatic rings. The first-order chi connectivity index (χ1) is 12.8. The second-order valence-corrected chi connectivity index (χ2v) is 6.82. The molecule has 130 valence electrons. The van der Waals surface area contributed by atoms with Gasteiger partial charge in [-0.25, -0.2) is 0 Å². The van der Waals surface area contributed by atoms with Crippen LogP contribution in [0.15, 0.2) is 54.6 Å².